The number of piperidine rings is 1. The number of benzene rings is 1. The molecule has 1 N–H and O–H groups in total. The minimum absolute atomic E-state index is 0.0194. The molecule has 1 aliphatic heterocycles. The SMILES string of the molecule is O=C(NCC1CCCCC1)C1CCN(S(=O)(=O)c2ccc(F)c(Cl)c2)CC1. The van der Waals surface area contributed by atoms with Gasteiger partial charge in [-0.15, -0.1) is 0 Å². The van der Waals surface area contributed by atoms with Crippen molar-refractivity contribution in [1.82, 2.24) is 9.62 Å². The van der Waals surface area contributed by atoms with Gasteiger partial charge in [0.2, 0.25) is 15.9 Å². The number of nitrogens with zero attached hydrogens (tertiary/aromatic N) is 1. The van der Waals surface area contributed by atoms with Crippen LogP contribution in [0.4, 0.5) is 4.39 Å². The Kier molecular flexibility index (Phi) is 6.76. The van der Waals surface area contributed by atoms with Gasteiger partial charge in [-0.25, -0.2) is 12.8 Å². The van der Waals surface area contributed by atoms with E-state index < -0.39 is 15.8 Å². The molecule has 1 amide bonds. The largest absolute Gasteiger partial charge is 0.356 e. The van der Waals surface area contributed by atoms with Gasteiger partial charge in [0, 0.05) is 25.6 Å². The van der Waals surface area contributed by atoms with Crippen LogP contribution in [0.3, 0.4) is 0 Å². The van der Waals surface area contributed by atoms with Crippen LogP contribution in [0.2, 0.25) is 5.02 Å². The molecule has 0 atom stereocenters. The Bertz CT molecular complexity index is 773. The summed E-state index contributed by atoms with van der Waals surface area (Å²) in [4.78, 5) is 12.4. The van der Waals surface area contributed by atoms with Crippen LogP contribution in [-0.4, -0.2) is 38.3 Å². The first-order valence-electron chi connectivity index (χ1n) is 9.61. The fourth-order valence-electron chi connectivity index (χ4n) is 3.93. The minimum Gasteiger partial charge on any atom is -0.356 e. The predicted molar refractivity (Wildman–Crippen MR) is 102 cm³/mol. The Morgan fingerprint density at radius 3 is 2.44 bits per heavy atom. The summed E-state index contributed by atoms with van der Waals surface area (Å²) in [7, 11) is -3.73. The molecule has 27 heavy (non-hydrogen) atoms. The first-order valence-corrected chi connectivity index (χ1v) is 11.4. The highest BCUT2D eigenvalue weighted by atomic mass is 35.5. The Balaban J connectivity index is 1.53. The molecule has 0 aromatic heterocycles. The van der Waals surface area contributed by atoms with E-state index in [0.29, 0.717) is 18.8 Å². The molecule has 2 fully saturated rings. The number of hydrogen-bond acceptors (Lipinski definition) is 3. The minimum atomic E-state index is -3.73. The van der Waals surface area contributed by atoms with Crippen LogP contribution in [0.5, 0.6) is 0 Å². The molecule has 0 spiro atoms. The number of sulfonamides is 1. The lowest BCUT2D eigenvalue weighted by atomic mass is 9.89. The topological polar surface area (TPSA) is 66.5 Å². The van der Waals surface area contributed by atoms with E-state index in [-0.39, 0.29) is 34.8 Å². The smallest absolute Gasteiger partial charge is 0.243 e. The number of hydrogen-bond donors (Lipinski definition) is 1. The van der Waals surface area contributed by atoms with E-state index in [4.69, 9.17) is 11.6 Å². The van der Waals surface area contributed by atoms with Crippen molar-refractivity contribution < 1.29 is 17.6 Å². The van der Waals surface area contributed by atoms with Crippen molar-refractivity contribution in [3.05, 3.63) is 29.0 Å². The summed E-state index contributed by atoms with van der Waals surface area (Å²) in [6.07, 6.45) is 7.11. The van der Waals surface area contributed by atoms with Gasteiger partial charge in [0.15, 0.2) is 0 Å². The second-order valence-corrected chi connectivity index (χ2v) is 9.85. The summed E-state index contributed by atoms with van der Waals surface area (Å²) in [5, 5.41) is 2.84. The summed E-state index contributed by atoms with van der Waals surface area (Å²) >= 11 is 5.71. The van der Waals surface area contributed by atoms with Crippen LogP contribution in [0.25, 0.3) is 0 Å². The van der Waals surface area contributed by atoms with Gasteiger partial charge in [0.1, 0.15) is 5.82 Å². The zero-order valence-corrected chi connectivity index (χ0v) is 16.9. The molecule has 150 valence electrons. The molecular weight excluding hydrogens is 391 g/mol. The molecule has 0 radical (unpaired) electrons. The van der Waals surface area contributed by atoms with E-state index in [1.165, 1.54) is 42.5 Å². The third kappa shape index (κ3) is 5.00. The standard InChI is InChI=1S/C19H26ClFN2O3S/c20-17-12-16(6-7-18(17)21)27(25,26)23-10-8-15(9-11-23)19(24)22-13-14-4-2-1-3-5-14/h6-7,12,14-15H,1-5,8-11,13H2,(H,22,24). The van der Waals surface area contributed by atoms with E-state index in [9.17, 15) is 17.6 Å². The first-order chi connectivity index (χ1) is 12.9. The second-order valence-electron chi connectivity index (χ2n) is 7.50. The number of carbonyl (C=O) groups excluding carboxylic acids is 1. The fourth-order valence-corrected chi connectivity index (χ4v) is 5.67. The number of rotatable bonds is 5. The third-order valence-electron chi connectivity index (χ3n) is 5.64. The zero-order chi connectivity index (χ0) is 19.4. The molecule has 3 rings (SSSR count). The van der Waals surface area contributed by atoms with Crippen molar-refractivity contribution in [2.75, 3.05) is 19.6 Å². The monoisotopic (exact) mass is 416 g/mol. The van der Waals surface area contributed by atoms with E-state index in [2.05, 4.69) is 5.32 Å². The summed E-state index contributed by atoms with van der Waals surface area (Å²) in [5.41, 5.74) is 0. The molecule has 1 aromatic rings. The molecule has 2 aliphatic rings. The average molecular weight is 417 g/mol. The summed E-state index contributed by atoms with van der Waals surface area (Å²) in [5.74, 6) is -0.199. The third-order valence-corrected chi connectivity index (χ3v) is 7.83. The lowest BCUT2D eigenvalue weighted by molar-refractivity contribution is -0.126. The zero-order valence-electron chi connectivity index (χ0n) is 15.3. The van der Waals surface area contributed by atoms with Gasteiger partial charge in [-0.2, -0.15) is 4.31 Å². The molecule has 0 bridgehead atoms. The second kappa shape index (κ2) is 8.88. The quantitative estimate of drug-likeness (QED) is 0.797. The maximum atomic E-state index is 13.3. The maximum Gasteiger partial charge on any atom is 0.243 e. The normalized spacial score (nSPS) is 20.5. The van der Waals surface area contributed by atoms with Crippen molar-refractivity contribution in [1.29, 1.82) is 0 Å². The van der Waals surface area contributed by atoms with Crippen molar-refractivity contribution in [2.24, 2.45) is 11.8 Å². The van der Waals surface area contributed by atoms with Gasteiger partial charge in [-0.05, 0) is 49.8 Å². The van der Waals surface area contributed by atoms with Gasteiger partial charge in [-0.3, -0.25) is 4.79 Å². The Morgan fingerprint density at radius 2 is 1.81 bits per heavy atom. The Labute approximate surface area is 165 Å². The van der Waals surface area contributed by atoms with E-state index >= 15 is 0 Å². The summed E-state index contributed by atoms with van der Waals surface area (Å²) in [6, 6.07) is 3.41. The predicted octanol–water partition coefficient (Wildman–Crippen LogP) is 3.58. The van der Waals surface area contributed by atoms with Gasteiger partial charge in [0.25, 0.3) is 0 Å². The fraction of sp³-hybridized carbons (Fsp3) is 0.632. The highest BCUT2D eigenvalue weighted by Crippen LogP contribution is 2.27. The first kappa shape index (κ1) is 20.6. The molecule has 1 heterocycles. The molecule has 8 heteroatoms. The van der Waals surface area contributed by atoms with Crippen molar-refractivity contribution in [3.8, 4) is 0 Å². The summed E-state index contributed by atoms with van der Waals surface area (Å²) in [6.45, 7) is 1.28. The lowest BCUT2D eigenvalue weighted by Gasteiger charge is -2.31. The van der Waals surface area contributed by atoms with Crippen LogP contribution in [0, 0.1) is 17.7 Å². The Morgan fingerprint density at radius 1 is 1.15 bits per heavy atom. The van der Waals surface area contributed by atoms with Crippen LogP contribution >= 0.6 is 11.6 Å². The van der Waals surface area contributed by atoms with Crippen molar-refractivity contribution >= 4 is 27.5 Å². The number of carbonyl (C=O) groups is 1. The maximum absolute atomic E-state index is 13.3. The number of amides is 1. The molecule has 1 saturated heterocycles. The molecular formula is C19H26ClFN2O3S. The highest BCUT2D eigenvalue weighted by molar-refractivity contribution is 7.89. The average Bonchev–Trinajstić information content (AvgIpc) is 2.69. The number of nitrogens with one attached hydrogen (secondary N) is 1. The van der Waals surface area contributed by atoms with Gasteiger partial charge in [-0.1, -0.05) is 30.9 Å². The molecule has 5 nitrogen and oxygen atoms in total. The van der Waals surface area contributed by atoms with E-state index in [1.807, 2.05) is 0 Å². The van der Waals surface area contributed by atoms with Gasteiger partial charge in [0.05, 0.1) is 9.92 Å². The lowest BCUT2D eigenvalue weighted by Crippen LogP contribution is -2.43. The van der Waals surface area contributed by atoms with Gasteiger partial charge < -0.3 is 5.32 Å². The molecule has 1 aromatic carbocycles. The van der Waals surface area contributed by atoms with Crippen LogP contribution < -0.4 is 5.32 Å². The molecule has 1 aliphatic carbocycles. The Hall–Kier alpha value is -1.18. The molecule has 1 saturated carbocycles. The molecule has 0 unspecified atom stereocenters. The van der Waals surface area contributed by atoms with Crippen molar-refractivity contribution in [3.63, 3.8) is 0 Å². The van der Waals surface area contributed by atoms with Crippen molar-refractivity contribution in [2.45, 2.75) is 49.8 Å². The van der Waals surface area contributed by atoms with E-state index in [0.717, 1.165) is 18.7 Å². The van der Waals surface area contributed by atoms with Crippen LogP contribution in [0.15, 0.2) is 23.1 Å². The number of halogens is 2. The highest BCUT2D eigenvalue weighted by Gasteiger charge is 2.32. The van der Waals surface area contributed by atoms with Crippen LogP contribution in [0.1, 0.15) is 44.9 Å². The van der Waals surface area contributed by atoms with Crippen LogP contribution in [-0.2, 0) is 14.8 Å². The van der Waals surface area contributed by atoms with Gasteiger partial charge >= 0.3 is 0 Å². The van der Waals surface area contributed by atoms with E-state index in [1.54, 1.807) is 0 Å². The summed E-state index contributed by atoms with van der Waals surface area (Å²) < 4.78 is 40.0.